The van der Waals surface area contributed by atoms with Gasteiger partial charge in [0.2, 0.25) is 5.91 Å². The van der Waals surface area contributed by atoms with Crippen molar-refractivity contribution in [1.29, 1.82) is 5.41 Å². The number of hydrogen-bond acceptors (Lipinski definition) is 5. The summed E-state index contributed by atoms with van der Waals surface area (Å²) in [5, 5.41) is 7.52. The number of methoxy groups -OCH3 is 1. The number of nitrogens with one attached hydrogen (secondary N) is 1. The van der Waals surface area contributed by atoms with E-state index < -0.39 is 11.4 Å². The van der Waals surface area contributed by atoms with Crippen molar-refractivity contribution in [3.63, 3.8) is 0 Å². The van der Waals surface area contributed by atoms with Gasteiger partial charge < -0.3 is 20.1 Å². The van der Waals surface area contributed by atoms with Crippen LogP contribution in [0, 0.1) is 10.8 Å². The van der Waals surface area contributed by atoms with Crippen LogP contribution in [0.15, 0.2) is 77.3 Å². The van der Waals surface area contributed by atoms with Gasteiger partial charge in [-0.3, -0.25) is 15.0 Å². The summed E-state index contributed by atoms with van der Waals surface area (Å²) in [4.78, 5) is 27.5. The van der Waals surface area contributed by atoms with Crippen molar-refractivity contribution in [2.24, 2.45) is 11.1 Å². The molecule has 2 atom stereocenters. The molecule has 0 unspecified atom stereocenters. The van der Waals surface area contributed by atoms with E-state index in [-0.39, 0.29) is 36.8 Å². The molecule has 1 aliphatic rings. The Morgan fingerprint density at radius 1 is 1.05 bits per heavy atom. The predicted octanol–water partition coefficient (Wildman–Crippen LogP) is 5.18. The van der Waals surface area contributed by atoms with Crippen LogP contribution in [0.2, 0.25) is 0 Å². The molecule has 0 saturated carbocycles. The van der Waals surface area contributed by atoms with E-state index in [4.69, 9.17) is 20.6 Å². The van der Waals surface area contributed by atoms with Crippen LogP contribution in [-0.2, 0) is 20.9 Å². The predicted molar refractivity (Wildman–Crippen MR) is 149 cm³/mol. The van der Waals surface area contributed by atoms with Gasteiger partial charge in [-0.05, 0) is 54.3 Å². The Kier molecular flexibility index (Phi) is 8.99. The maximum Gasteiger partial charge on any atom is 0.321 e. The number of carbonyl (C=O) groups excluding carboxylic acids is 2. The zero-order valence-corrected chi connectivity index (χ0v) is 23.0. The summed E-state index contributed by atoms with van der Waals surface area (Å²) in [6.45, 7) is 2.27. The lowest BCUT2D eigenvalue weighted by Crippen LogP contribution is -2.40. The summed E-state index contributed by atoms with van der Waals surface area (Å²) in [6, 6.07) is 22.6. The first-order valence-electron chi connectivity index (χ1n) is 11.5. The Bertz CT molecular complexity index is 1270. The maximum atomic E-state index is 13.3. The molecular formula is C28H29BrClN3O4. The number of amidine groups is 1. The van der Waals surface area contributed by atoms with Gasteiger partial charge in [-0.15, -0.1) is 12.4 Å². The summed E-state index contributed by atoms with van der Waals surface area (Å²) < 4.78 is 12.0. The van der Waals surface area contributed by atoms with Gasteiger partial charge in [-0.1, -0.05) is 64.5 Å². The number of nitrogens with zero attached hydrogens (tertiary/aromatic N) is 1. The summed E-state index contributed by atoms with van der Waals surface area (Å²) in [7, 11) is 1.30. The van der Waals surface area contributed by atoms with Crippen molar-refractivity contribution >= 4 is 46.0 Å². The molecule has 1 heterocycles. The van der Waals surface area contributed by atoms with E-state index in [9.17, 15) is 9.59 Å². The Hall–Kier alpha value is -3.36. The number of hydrogen-bond donors (Lipinski definition) is 2. The number of ether oxygens (including phenoxy) is 2. The number of halogens is 2. The second-order valence-corrected chi connectivity index (χ2v) is 9.98. The fourth-order valence-electron chi connectivity index (χ4n) is 4.46. The zero-order valence-electron chi connectivity index (χ0n) is 20.6. The van der Waals surface area contributed by atoms with Gasteiger partial charge in [0.05, 0.1) is 13.2 Å². The third-order valence-electron chi connectivity index (χ3n) is 6.55. The summed E-state index contributed by atoms with van der Waals surface area (Å²) >= 11 is 3.43. The molecule has 1 fully saturated rings. The first-order chi connectivity index (χ1) is 17.2. The molecule has 1 saturated heterocycles. The molecule has 0 aromatic heterocycles. The fourth-order valence-corrected chi connectivity index (χ4v) is 4.73. The Labute approximate surface area is 231 Å². The zero-order chi connectivity index (χ0) is 25.9. The van der Waals surface area contributed by atoms with Gasteiger partial charge in [0.25, 0.3) is 0 Å². The Morgan fingerprint density at radius 2 is 1.62 bits per heavy atom. The van der Waals surface area contributed by atoms with Crippen LogP contribution >= 0.6 is 28.3 Å². The third kappa shape index (κ3) is 6.14. The van der Waals surface area contributed by atoms with Crippen LogP contribution in [-0.4, -0.2) is 42.4 Å². The number of nitrogens with two attached hydrogens (primary N) is 1. The van der Waals surface area contributed by atoms with Crippen molar-refractivity contribution in [3.05, 3.63) is 88.4 Å². The molecule has 0 aliphatic carbocycles. The molecule has 0 radical (unpaired) electrons. The lowest BCUT2D eigenvalue weighted by molar-refractivity contribution is -0.158. The molecule has 0 spiro atoms. The standard InChI is InChI=1S/C28H28BrN3O4.ClH/c1-28(27(34)35-2)15-23(32(26(28)33)16-18-3-11-22(29)12-4-18)17-36-24-13-9-20(10-14-24)19-5-7-21(8-6-19)25(30)31;/h3-14,23H,15-17H2,1-2H3,(H3,30,31);1H/t23-,28-;/m0./s1. The molecule has 3 N–H and O–H groups in total. The highest BCUT2D eigenvalue weighted by Gasteiger charge is 2.54. The highest BCUT2D eigenvalue weighted by molar-refractivity contribution is 9.10. The van der Waals surface area contributed by atoms with E-state index >= 15 is 0 Å². The third-order valence-corrected chi connectivity index (χ3v) is 7.07. The van der Waals surface area contributed by atoms with E-state index in [0.717, 1.165) is 21.2 Å². The normalized spacial score (nSPS) is 18.7. The largest absolute Gasteiger partial charge is 0.491 e. The summed E-state index contributed by atoms with van der Waals surface area (Å²) in [6.07, 6.45) is 0.315. The minimum atomic E-state index is -1.24. The SMILES string of the molecule is COC(=O)[C@@]1(C)C[C@@H](COc2ccc(-c3ccc(C(=N)N)cc3)cc2)N(Cc2ccc(Br)cc2)C1=O.Cl. The van der Waals surface area contributed by atoms with Gasteiger partial charge in [0, 0.05) is 16.6 Å². The maximum absolute atomic E-state index is 13.3. The van der Waals surface area contributed by atoms with Gasteiger partial charge in [0.15, 0.2) is 0 Å². The minimum Gasteiger partial charge on any atom is -0.491 e. The van der Waals surface area contributed by atoms with Crippen molar-refractivity contribution in [2.45, 2.75) is 25.9 Å². The average Bonchev–Trinajstić information content (AvgIpc) is 3.14. The topological polar surface area (TPSA) is 106 Å². The van der Waals surface area contributed by atoms with Crippen LogP contribution in [0.5, 0.6) is 5.75 Å². The van der Waals surface area contributed by atoms with Crippen molar-refractivity contribution in [2.75, 3.05) is 13.7 Å². The Balaban J connectivity index is 0.00000380. The average molecular weight is 587 g/mol. The lowest BCUT2D eigenvalue weighted by Gasteiger charge is -2.25. The van der Waals surface area contributed by atoms with E-state index in [2.05, 4.69) is 15.9 Å². The number of benzene rings is 3. The molecule has 7 nitrogen and oxygen atoms in total. The van der Waals surface area contributed by atoms with Gasteiger partial charge in [-0.25, -0.2) is 0 Å². The molecule has 1 amide bonds. The summed E-state index contributed by atoms with van der Waals surface area (Å²) in [5.41, 5.74) is 7.94. The van der Waals surface area contributed by atoms with E-state index in [1.54, 1.807) is 11.8 Å². The second kappa shape index (κ2) is 11.8. The quantitative estimate of drug-likeness (QED) is 0.164. The lowest BCUT2D eigenvalue weighted by atomic mass is 9.87. The van der Waals surface area contributed by atoms with Crippen molar-refractivity contribution in [1.82, 2.24) is 4.90 Å². The van der Waals surface area contributed by atoms with Crippen LogP contribution in [0.3, 0.4) is 0 Å². The fraction of sp³-hybridized carbons (Fsp3) is 0.250. The second-order valence-electron chi connectivity index (χ2n) is 9.07. The van der Waals surface area contributed by atoms with Crippen LogP contribution in [0.25, 0.3) is 11.1 Å². The van der Waals surface area contributed by atoms with E-state index in [1.807, 2.05) is 72.8 Å². The molecule has 1 aliphatic heterocycles. The molecule has 4 rings (SSSR count). The van der Waals surface area contributed by atoms with Crippen molar-refractivity contribution < 1.29 is 19.1 Å². The van der Waals surface area contributed by atoms with E-state index in [0.29, 0.717) is 24.3 Å². The van der Waals surface area contributed by atoms with Crippen LogP contribution < -0.4 is 10.5 Å². The van der Waals surface area contributed by atoms with Gasteiger partial charge in [-0.2, -0.15) is 0 Å². The highest BCUT2D eigenvalue weighted by atomic mass is 79.9. The van der Waals surface area contributed by atoms with Crippen LogP contribution in [0.1, 0.15) is 24.5 Å². The monoisotopic (exact) mass is 585 g/mol. The number of amides is 1. The number of likely N-dealkylation sites (tertiary alicyclic amines) is 1. The molecule has 9 heteroatoms. The molecule has 194 valence electrons. The first kappa shape index (κ1) is 28.2. The number of carbonyl (C=O) groups is 2. The first-order valence-corrected chi connectivity index (χ1v) is 12.3. The highest BCUT2D eigenvalue weighted by Crippen LogP contribution is 2.38. The summed E-state index contributed by atoms with van der Waals surface area (Å²) in [5.74, 6) is -0.0823. The van der Waals surface area contributed by atoms with E-state index in [1.165, 1.54) is 7.11 Å². The molecule has 3 aromatic rings. The molecular weight excluding hydrogens is 558 g/mol. The minimum absolute atomic E-state index is 0. The van der Waals surface area contributed by atoms with Crippen molar-refractivity contribution in [3.8, 4) is 16.9 Å². The van der Waals surface area contributed by atoms with Crippen LogP contribution in [0.4, 0.5) is 0 Å². The Morgan fingerprint density at radius 3 is 2.16 bits per heavy atom. The molecule has 37 heavy (non-hydrogen) atoms. The smallest absolute Gasteiger partial charge is 0.321 e. The number of esters is 1. The van der Waals surface area contributed by atoms with Gasteiger partial charge in [0.1, 0.15) is 23.6 Å². The van der Waals surface area contributed by atoms with Gasteiger partial charge >= 0.3 is 5.97 Å². The molecule has 3 aromatic carbocycles. The molecule has 0 bridgehead atoms. The number of nitrogen functional groups attached to an aromatic ring is 1. The number of rotatable bonds is 8.